The van der Waals surface area contributed by atoms with Gasteiger partial charge in [0.25, 0.3) is 0 Å². The van der Waals surface area contributed by atoms with Gasteiger partial charge in [-0.1, -0.05) is 6.92 Å². The highest BCUT2D eigenvalue weighted by Gasteiger charge is 2.22. The minimum Gasteiger partial charge on any atom is -0.478 e. The normalized spacial score (nSPS) is 13.9. The molecule has 6 heteroatoms. The topological polar surface area (TPSA) is 95.3 Å². The summed E-state index contributed by atoms with van der Waals surface area (Å²) in [6, 6.07) is 4.70. The van der Waals surface area contributed by atoms with Crippen LogP contribution >= 0.6 is 0 Å². The van der Waals surface area contributed by atoms with Gasteiger partial charge in [-0.15, -0.1) is 0 Å². The molecule has 106 valence electrons. The lowest BCUT2D eigenvalue weighted by Crippen LogP contribution is -2.38. The summed E-state index contributed by atoms with van der Waals surface area (Å²) in [5.41, 5.74) is 0.258. The Morgan fingerprint density at radius 3 is 2.75 bits per heavy atom. The van der Waals surface area contributed by atoms with Crippen molar-refractivity contribution in [1.29, 1.82) is 0 Å². The molecule has 2 aromatic rings. The zero-order valence-corrected chi connectivity index (χ0v) is 11.4. The molecule has 20 heavy (non-hydrogen) atoms. The Morgan fingerprint density at radius 1 is 1.40 bits per heavy atom. The van der Waals surface area contributed by atoms with E-state index in [1.165, 1.54) is 18.5 Å². The molecule has 0 spiro atoms. The Morgan fingerprint density at radius 2 is 2.15 bits per heavy atom. The molecule has 1 heterocycles. The molecule has 0 radical (unpaired) electrons. The largest absolute Gasteiger partial charge is 0.478 e. The summed E-state index contributed by atoms with van der Waals surface area (Å²) in [6.45, 7) is 3.84. The molecular formula is C14H17N3O3. The second-order valence-electron chi connectivity index (χ2n) is 4.96. The third-order valence-corrected chi connectivity index (χ3v) is 3.43. The maximum atomic E-state index is 11.0. The van der Waals surface area contributed by atoms with Crippen LogP contribution in [0.4, 0.5) is 5.82 Å². The van der Waals surface area contributed by atoms with Crippen LogP contribution in [0, 0.1) is 0 Å². The summed E-state index contributed by atoms with van der Waals surface area (Å²) in [5, 5.41) is 22.4. The van der Waals surface area contributed by atoms with E-state index in [0.29, 0.717) is 11.3 Å². The van der Waals surface area contributed by atoms with E-state index in [9.17, 15) is 9.90 Å². The number of aliphatic hydroxyl groups excluding tert-OH is 1. The molecule has 0 saturated carbocycles. The van der Waals surface area contributed by atoms with Crippen molar-refractivity contribution >= 4 is 22.7 Å². The molecule has 0 fully saturated rings. The van der Waals surface area contributed by atoms with Crippen molar-refractivity contribution in [2.24, 2.45) is 0 Å². The lowest BCUT2D eigenvalue weighted by Gasteiger charge is -2.28. The molecule has 0 saturated heterocycles. The van der Waals surface area contributed by atoms with Crippen molar-refractivity contribution in [2.45, 2.75) is 25.8 Å². The van der Waals surface area contributed by atoms with Crippen LogP contribution < -0.4 is 5.32 Å². The van der Waals surface area contributed by atoms with E-state index >= 15 is 0 Å². The number of aromatic nitrogens is 2. The van der Waals surface area contributed by atoms with E-state index in [2.05, 4.69) is 15.3 Å². The third kappa shape index (κ3) is 2.70. The van der Waals surface area contributed by atoms with Crippen LogP contribution in [0.15, 0.2) is 24.5 Å². The molecule has 1 unspecified atom stereocenters. The van der Waals surface area contributed by atoms with E-state index < -0.39 is 11.5 Å². The van der Waals surface area contributed by atoms with Crippen molar-refractivity contribution < 1.29 is 15.0 Å². The monoisotopic (exact) mass is 275 g/mol. The van der Waals surface area contributed by atoms with E-state index in [1.807, 2.05) is 13.8 Å². The van der Waals surface area contributed by atoms with Crippen LogP contribution in [0.5, 0.6) is 0 Å². The van der Waals surface area contributed by atoms with E-state index in [0.717, 1.165) is 11.8 Å². The second kappa shape index (κ2) is 5.42. The van der Waals surface area contributed by atoms with Gasteiger partial charge in [-0.2, -0.15) is 0 Å². The molecule has 0 bridgehead atoms. The number of rotatable bonds is 5. The standard InChI is InChI=1S/C14H17N3O3/c1-3-14(2,7-18)17-12-10-5-4-9(13(19)20)6-11(10)15-8-16-12/h4-6,8,18H,3,7H2,1-2H3,(H,19,20)(H,15,16,17). The van der Waals surface area contributed by atoms with Gasteiger partial charge in [0.2, 0.25) is 0 Å². The second-order valence-corrected chi connectivity index (χ2v) is 4.96. The molecule has 1 aromatic carbocycles. The smallest absolute Gasteiger partial charge is 0.335 e. The first-order valence-electron chi connectivity index (χ1n) is 6.36. The number of carboxylic acids is 1. The highest BCUT2D eigenvalue weighted by Crippen LogP contribution is 2.24. The highest BCUT2D eigenvalue weighted by molar-refractivity contribution is 5.96. The van der Waals surface area contributed by atoms with E-state index in [-0.39, 0.29) is 12.2 Å². The molecule has 6 nitrogen and oxygen atoms in total. The van der Waals surface area contributed by atoms with Gasteiger partial charge in [0.15, 0.2) is 0 Å². The van der Waals surface area contributed by atoms with Crippen LogP contribution in [0.3, 0.4) is 0 Å². The van der Waals surface area contributed by atoms with Crippen molar-refractivity contribution in [3.63, 3.8) is 0 Å². The fraction of sp³-hybridized carbons (Fsp3) is 0.357. The molecule has 1 aromatic heterocycles. The van der Waals surface area contributed by atoms with Crippen molar-refractivity contribution in [2.75, 3.05) is 11.9 Å². The third-order valence-electron chi connectivity index (χ3n) is 3.43. The summed E-state index contributed by atoms with van der Waals surface area (Å²) in [5.74, 6) is -0.404. The van der Waals surface area contributed by atoms with Crippen LogP contribution in [0.2, 0.25) is 0 Å². The number of aliphatic hydroxyl groups is 1. The number of hydrogen-bond acceptors (Lipinski definition) is 5. The molecule has 0 aliphatic carbocycles. The van der Waals surface area contributed by atoms with Crippen LogP contribution in [-0.4, -0.2) is 38.3 Å². The Hall–Kier alpha value is -2.21. The van der Waals surface area contributed by atoms with Crippen LogP contribution in [-0.2, 0) is 0 Å². The first-order valence-corrected chi connectivity index (χ1v) is 6.36. The fourth-order valence-corrected chi connectivity index (χ4v) is 1.82. The number of carbonyl (C=O) groups is 1. The quantitative estimate of drug-likeness (QED) is 0.771. The van der Waals surface area contributed by atoms with Gasteiger partial charge < -0.3 is 15.5 Å². The van der Waals surface area contributed by atoms with Gasteiger partial charge in [-0.05, 0) is 31.5 Å². The average molecular weight is 275 g/mol. The molecule has 3 N–H and O–H groups in total. The van der Waals surface area contributed by atoms with Gasteiger partial charge in [0.1, 0.15) is 12.1 Å². The molecule has 1 atom stereocenters. The zero-order valence-electron chi connectivity index (χ0n) is 11.4. The fourth-order valence-electron chi connectivity index (χ4n) is 1.82. The van der Waals surface area contributed by atoms with Gasteiger partial charge >= 0.3 is 5.97 Å². The zero-order chi connectivity index (χ0) is 14.8. The number of aromatic carboxylic acids is 1. The SMILES string of the molecule is CCC(C)(CO)Nc1ncnc2cc(C(=O)O)ccc12. The summed E-state index contributed by atoms with van der Waals surface area (Å²) in [6.07, 6.45) is 2.10. The van der Waals surface area contributed by atoms with Gasteiger partial charge in [0.05, 0.1) is 23.2 Å². The maximum Gasteiger partial charge on any atom is 0.335 e. The van der Waals surface area contributed by atoms with Crippen LogP contribution in [0.25, 0.3) is 10.9 Å². The summed E-state index contributed by atoms with van der Waals surface area (Å²) in [4.78, 5) is 19.2. The van der Waals surface area contributed by atoms with E-state index in [4.69, 9.17) is 5.11 Å². The molecule has 0 aliphatic rings. The summed E-state index contributed by atoms with van der Waals surface area (Å²) < 4.78 is 0. The van der Waals surface area contributed by atoms with E-state index in [1.54, 1.807) is 6.07 Å². The Balaban J connectivity index is 2.47. The number of nitrogens with one attached hydrogen (secondary N) is 1. The van der Waals surface area contributed by atoms with Gasteiger partial charge in [-0.3, -0.25) is 0 Å². The van der Waals surface area contributed by atoms with Crippen molar-refractivity contribution in [3.05, 3.63) is 30.1 Å². The number of benzene rings is 1. The first kappa shape index (κ1) is 14.2. The number of fused-ring (bicyclic) bond motifs is 1. The lowest BCUT2D eigenvalue weighted by atomic mass is 10.00. The molecule has 2 rings (SSSR count). The predicted molar refractivity (Wildman–Crippen MR) is 75.9 cm³/mol. The predicted octanol–water partition coefficient (Wildman–Crippen LogP) is 1.90. The first-order chi connectivity index (χ1) is 9.49. The van der Waals surface area contributed by atoms with Crippen molar-refractivity contribution in [3.8, 4) is 0 Å². The highest BCUT2D eigenvalue weighted by atomic mass is 16.4. The number of anilines is 1. The minimum absolute atomic E-state index is 0.0256. The number of hydrogen-bond donors (Lipinski definition) is 3. The molecule has 0 aliphatic heterocycles. The molecule has 0 amide bonds. The summed E-state index contributed by atoms with van der Waals surface area (Å²) in [7, 11) is 0. The average Bonchev–Trinajstić information content (AvgIpc) is 2.46. The Kier molecular flexibility index (Phi) is 3.85. The van der Waals surface area contributed by atoms with Gasteiger partial charge in [0, 0.05) is 5.39 Å². The summed E-state index contributed by atoms with van der Waals surface area (Å²) >= 11 is 0. The Bertz CT molecular complexity index is 639. The minimum atomic E-state index is -0.992. The number of carboxylic acid groups (broad SMARTS) is 1. The number of nitrogens with zero attached hydrogens (tertiary/aromatic N) is 2. The van der Waals surface area contributed by atoms with Crippen LogP contribution in [0.1, 0.15) is 30.6 Å². The van der Waals surface area contributed by atoms with Gasteiger partial charge in [-0.25, -0.2) is 14.8 Å². The Labute approximate surface area is 116 Å². The molecular weight excluding hydrogens is 258 g/mol. The van der Waals surface area contributed by atoms with Crippen molar-refractivity contribution in [1.82, 2.24) is 9.97 Å². The lowest BCUT2D eigenvalue weighted by molar-refractivity contribution is 0.0697. The maximum absolute atomic E-state index is 11.0.